The van der Waals surface area contributed by atoms with Crippen LogP contribution in [-0.2, 0) is 22.5 Å². The summed E-state index contributed by atoms with van der Waals surface area (Å²) in [4.78, 5) is 33.9. The molecule has 41 heavy (non-hydrogen) atoms. The second-order valence-corrected chi connectivity index (χ2v) is 11.6. The van der Waals surface area contributed by atoms with Gasteiger partial charge in [0.1, 0.15) is 6.54 Å². The molecule has 0 bridgehead atoms. The van der Waals surface area contributed by atoms with E-state index in [4.69, 9.17) is 14.2 Å². The highest BCUT2D eigenvalue weighted by Gasteiger charge is 2.22. The summed E-state index contributed by atoms with van der Waals surface area (Å²) in [5.74, 6) is 1.20. The number of urea groups is 1. The molecule has 0 spiro atoms. The van der Waals surface area contributed by atoms with Crippen LogP contribution in [0.5, 0.6) is 11.5 Å². The van der Waals surface area contributed by atoms with Crippen LogP contribution in [0.1, 0.15) is 28.7 Å². The Bertz CT molecular complexity index is 1250. The molecule has 0 atom stereocenters. The Morgan fingerprint density at radius 3 is 2.34 bits per heavy atom. The fourth-order valence-electron chi connectivity index (χ4n) is 4.24. The van der Waals surface area contributed by atoms with Crippen LogP contribution in [0.3, 0.4) is 0 Å². The Balaban J connectivity index is 1.75. The molecule has 0 unspecified atom stereocenters. The average molecular weight is 600 g/mol. The van der Waals surface area contributed by atoms with Gasteiger partial charge in [-0.1, -0.05) is 6.07 Å². The van der Waals surface area contributed by atoms with Crippen molar-refractivity contribution in [1.29, 1.82) is 0 Å². The standard InChI is InChI=1S/C31H41N3O5S2/c1-6-39-19-7-17-34(31(36)32-25-10-13-26(40-5)14-11-25)22-30(35)33(21-27-12-8-23(2)41-27)18-16-24-9-15-28(37-3)29(20-24)38-4/h8-15,20H,6-7,16-19,21-22H2,1-5H3,(H,32,36). The maximum absolute atomic E-state index is 13.8. The zero-order valence-corrected chi connectivity index (χ0v) is 26.2. The maximum Gasteiger partial charge on any atom is 0.322 e. The third-order valence-corrected chi connectivity index (χ3v) is 8.22. The van der Waals surface area contributed by atoms with Crippen LogP contribution >= 0.6 is 23.1 Å². The molecule has 1 aromatic heterocycles. The Morgan fingerprint density at radius 1 is 0.951 bits per heavy atom. The second kappa shape index (κ2) is 16.9. The van der Waals surface area contributed by atoms with Gasteiger partial charge in [0.05, 0.1) is 20.8 Å². The number of hydrogen-bond donors (Lipinski definition) is 1. The Labute approximate surface area is 252 Å². The van der Waals surface area contributed by atoms with Gasteiger partial charge >= 0.3 is 6.03 Å². The van der Waals surface area contributed by atoms with Gasteiger partial charge in [0, 0.05) is 46.6 Å². The highest BCUT2D eigenvalue weighted by atomic mass is 32.2. The minimum atomic E-state index is -0.307. The van der Waals surface area contributed by atoms with Crippen molar-refractivity contribution in [2.75, 3.05) is 58.6 Å². The van der Waals surface area contributed by atoms with Crippen LogP contribution in [0.4, 0.5) is 10.5 Å². The van der Waals surface area contributed by atoms with E-state index in [2.05, 4.69) is 24.4 Å². The minimum absolute atomic E-state index is 0.0306. The molecule has 0 aliphatic heterocycles. The molecular weight excluding hydrogens is 558 g/mol. The zero-order chi connectivity index (χ0) is 29.6. The van der Waals surface area contributed by atoms with Crippen molar-refractivity contribution < 1.29 is 23.8 Å². The van der Waals surface area contributed by atoms with Gasteiger partial charge in [0.15, 0.2) is 11.5 Å². The lowest BCUT2D eigenvalue weighted by atomic mass is 10.1. The summed E-state index contributed by atoms with van der Waals surface area (Å²) in [5.41, 5.74) is 1.72. The number of thiophene rings is 1. The van der Waals surface area contributed by atoms with Gasteiger partial charge < -0.3 is 29.3 Å². The molecule has 3 rings (SSSR count). The number of amides is 3. The fourth-order valence-corrected chi connectivity index (χ4v) is 5.56. The highest BCUT2D eigenvalue weighted by Crippen LogP contribution is 2.28. The van der Waals surface area contributed by atoms with Gasteiger partial charge in [-0.05, 0) is 87.0 Å². The number of thioether (sulfide) groups is 1. The molecule has 8 nitrogen and oxygen atoms in total. The number of hydrogen-bond acceptors (Lipinski definition) is 7. The van der Waals surface area contributed by atoms with E-state index >= 15 is 0 Å². The third kappa shape index (κ3) is 10.3. The van der Waals surface area contributed by atoms with Crippen LogP contribution in [0.25, 0.3) is 0 Å². The molecule has 3 aromatic rings. The van der Waals surface area contributed by atoms with E-state index in [1.807, 2.05) is 60.5 Å². The molecule has 10 heteroatoms. The molecule has 1 N–H and O–H groups in total. The normalized spacial score (nSPS) is 10.8. The Morgan fingerprint density at radius 2 is 1.71 bits per heavy atom. The number of carbonyl (C=O) groups is 2. The lowest BCUT2D eigenvalue weighted by Crippen LogP contribution is -2.45. The first-order chi connectivity index (χ1) is 19.9. The smallest absolute Gasteiger partial charge is 0.322 e. The summed E-state index contributed by atoms with van der Waals surface area (Å²) in [6.45, 7) is 6.48. The number of anilines is 1. The van der Waals surface area contributed by atoms with E-state index in [1.54, 1.807) is 42.2 Å². The quantitative estimate of drug-likeness (QED) is 0.153. The molecule has 0 aliphatic rings. The summed E-state index contributed by atoms with van der Waals surface area (Å²) in [7, 11) is 3.22. The van der Waals surface area contributed by atoms with Gasteiger partial charge in [-0.3, -0.25) is 4.79 Å². The van der Waals surface area contributed by atoms with Crippen molar-refractivity contribution in [2.24, 2.45) is 0 Å². The van der Waals surface area contributed by atoms with Crippen molar-refractivity contribution >= 4 is 40.7 Å². The fraction of sp³-hybridized carbons (Fsp3) is 0.419. The monoisotopic (exact) mass is 599 g/mol. The van der Waals surface area contributed by atoms with Gasteiger partial charge in [-0.25, -0.2) is 4.79 Å². The number of methoxy groups -OCH3 is 2. The van der Waals surface area contributed by atoms with E-state index in [0.29, 0.717) is 62.9 Å². The average Bonchev–Trinajstić information content (AvgIpc) is 3.41. The first kappa shape index (κ1) is 32.3. The van der Waals surface area contributed by atoms with E-state index in [0.717, 1.165) is 15.3 Å². The number of rotatable bonds is 16. The topological polar surface area (TPSA) is 80.3 Å². The van der Waals surface area contributed by atoms with Gasteiger partial charge in [0.2, 0.25) is 5.91 Å². The summed E-state index contributed by atoms with van der Waals surface area (Å²) in [6.07, 6.45) is 3.28. The molecular formula is C31H41N3O5S2. The largest absolute Gasteiger partial charge is 0.493 e. The molecule has 0 radical (unpaired) electrons. The molecule has 0 fully saturated rings. The first-order valence-electron chi connectivity index (χ1n) is 13.7. The van der Waals surface area contributed by atoms with Crippen molar-refractivity contribution in [2.45, 2.75) is 38.1 Å². The van der Waals surface area contributed by atoms with E-state index < -0.39 is 0 Å². The minimum Gasteiger partial charge on any atom is -0.493 e. The third-order valence-electron chi connectivity index (χ3n) is 6.49. The van der Waals surface area contributed by atoms with E-state index in [1.165, 1.54) is 4.88 Å². The van der Waals surface area contributed by atoms with Crippen molar-refractivity contribution in [3.05, 3.63) is 69.9 Å². The number of nitrogens with one attached hydrogen (secondary N) is 1. The predicted octanol–water partition coefficient (Wildman–Crippen LogP) is 6.33. The molecule has 0 aliphatic carbocycles. The number of aryl methyl sites for hydroxylation is 1. The lowest BCUT2D eigenvalue weighted by molar-refractivity contribution is -0.132. The summed E-state index contributed by atoms with van der Waals surface area (Å²) in [6, 6.07) is 17.3. The molecule has 222 valence electrons. The first-order valence-corrected chi connectivity index (χ1v) is 15.7. The maximum atomic E-state index is 13.8. The van der Waals surface area contributed by atoms with Crippen LogP contribution < -0.4 is 14.8 Å². The van der Waals surface area contributed by atoms with Gasteiger partial charge in [0.25, 0.3) is 0 Å². The van der Waals surface area contributed by atoms with E-state index in [-0.39, 0.29) is 18.5 Å². The molecule has 0 saturated heterocycles. The van der Waals surface area contributed by atoms with Crippen molar-refractivity contribution in [3.8, 4) is 11.5 Å². The number of carbonyl (C=O) groups excluding carboxylic acids is 2. The molecule has 2 aromatic carbocycles. The number of nitrogens with zero attached hydrogens (tertiary/aromatic N) is 2. The van der Waals surface area contributed by atoms with Crippen LogP contribution in [-0.4, -0.2) is 75.1 Å². The molecule has 0 saturated carbocycles. The Kier molecular flexibility index (Phi) is 13.3. The van der Waals surface area contributed by atoms with Crippen LogP contribution in [0.2, 0.25) is 0 Å². The summed E-state index contributed by atoms with van der Waals surface area (Å²) < 4.78 is 16.3. The highest BCUT2D eigenvalue weighted by molar-refractivity contribution is 7.98. The molecule has 1 heterocycles. The van der Waals surface area contributed by atoms with Crippen molar-refractivity contribution in [1.82, 2.24) is 9.80 Å². The predicted molar refractivity (Wildman–Crippen MR) is 168 cm³/mol. The number of ether oxygens (including phenoxy) is 3. The lowest BCUT2D eigenvalue weighted by Gasteiger charge is -2.28. The SMILES string of the molecule is CCOCCCN(CC(=O)N(CCc1ccc(OC)c(OC)c1)Cc1ccc(C)s1)C(=O)Nc1ccc(SC)cc1. The Hall–Kier alpha value is -3.21. The summed E-state index contributed by atoms with van der Waals surface area (Å²) >= 11 is 3.31. The molecule has 3 amide bonds. The van der Waals surface area contributed by atoms with Gasteiger partial charge in [-0.15, -0.1) is 23.1 Å². The van der Waals surface area contributed by atoms with Crippen molar-refractivity contribution in [3.63, 3.8) is 0 Å². The second-order valence-electron chi connectivity index (χ2n) is 9.40. The zero-order valence-electron chi connectivity index (χ0n) is 24.6. The number of benzene rings is 2. The summed E-state index contributed by atoms with van der Waals surface area (Å²) in [5, 5.41) is 2.96. The van der Waals surface area contributed by atoms with Crippen LogP contribution in [0, 0.1) is 6.92 Å². The van der Waals surface area contributed by atoms with Crippen LogP contribution in [0.15, 0.2) is 59.5 Å². The van der Waals surface area contributed by atoms with E-state index in [9.17, 15) is 9.59 Å². The van der Waals surface area contributed by atoms with Gasteiger partial charge in [-0.2, -0.15) is 0 Å².